The first kappa shape index (κ1) is 14.6. The highest BCUT2D eigenvalue weighted by Gasteiger charge is 2.39. The lowest BCUT2D eigenvalue weighted by Gasteiger charge is -2.36. The lowest BCUT2D eigenvalue weighted by molar-refractivity contribution is -0.140. The Bertz CT molecular complexity index is 358. The normalized spacial score (nSPS) is 25.3. The number of piperidine rings is 1. The molecular weight excluding hydrogens is 270 g/mol. The Balaban J connectivity index is 1.83. The molecule has 108 valence electrons. The SMILES string of the molecule is NC(=S)C1CCN(C(=O)C2CCC(F)(F)CC2)CC1. The molecule has 1 aliphatic carbocycles. The van der Waals surface area contributed by atoms with E-state index < -0.39 is 5.92 Å². The highest BCUT2D eigenvalue weighted by molar-refractivity contribution is 7.80. The van der Waals surface area contributed by atoms with Crippen molar-refractivity contribution in [3.63, 3.8) is 0 Å². The summed E-state index contributed by atoms with van der Waals surface area (Å²) in [6.45, 7) is 1.29. The number of thiocarbonyl (C=S) groups is 1. The molecule has 0 atom stereocenters. The molecule has 0 unspecified atom stereocenters. The van der Waals surface area contributed by atoms with Crippen molar-refractivity contribution in [1.82, 2.24) is 4.90 Å². The molecule has 2 aliphatic rings. The number of hydrogen-bond donors (Lipinski definition) is 1. The fourth-order valence-electron chi connectivity index (χ4n) is 2.93. The molecule has 0 aromatic heterocycles. The Morgan fingerprint density at radius 3 is 2.11 bits per heavy atom. The van der Waals surface area contributed by atoms with E-state index in [1.54, 1.807) is 4.90 Å². The van der Waals surface area contributed by atoms with Crippen LogP contribution in [0.2, 0.25) is 0 Å². The maximum atomic E-state index is 13.1. The average molecular weight is 290 g/mol. The molecule has 0 aromatic rings. The summed E-state index contributed by atoms with van der Waals surface area (Å²) in [5, 5.41) is 0. The van der Waals surface area contributed by atoms with Crippen LogP contribution in [-0.4, -0.2) is 34.8 Å². The number of alkyl halides is 2. The van der Waals surface area contributed by atoms with Crippen LogP contribution in [0.3, 0.4) is 0 Å². The summed E-state index contributed by atoms with van der Waals surface area (Å²) >= 11 is 4.96. The van der Waals surface area contributed by atoms with Gasteiger partial charge in [-0.3, -0.25) is 4.79 Å². The number of amides is 1. The van der Waals surface area contributed by atoms with Gasteiger partial charge in [-0.15, -0.1) is 0 Å². The second-order valence-corrected chi connectivity index (χ2v) is 6.10. The molecule has 3 nitrogen and oxygen atoms in total. The van der Waals surface area contributed by atoms with Gasteiger partial charge in [0.15, 0.2) is 0 Å². The number of nitrogens with zero attached hydrogens (tertiary/aromatic N) is 1. The van der Waals surface area contributed by atoms with Crippen molar-refractivity contribution >= 4 is 23.1 Å². The Labute approximate surface area is 117 Å². The van der Waals surface area contributed by atoms with Gasteiger partial charge in [0.25, 0.3) is 0 Å². The molecule has 2 N–H and O–H groups in total. The number of hydrogen-bond acceptors (Lipinski definition) is 2. The topological polar surface area (TPSA) is 46.3 Å². The van der Waals surface area contributed by atoms with Gasteiger partial charge < -0.3 is 10.6 Å². The van der Waals surface area contributed by atoms with E-state index in [0.29, 0.717) is 30.9 Å². The van der Waals surface area contributed by atoms with Crippen LogP contribution in [0, 0.1) is 11.8 Å². The van der Waals surface area contributed by atoms with Crippen LogP contribution in [0.4, 0.5) is 8.78 Å². The minimum atomic E-state index is -2.57. The zero-order chi connectivity index (χ0) is 14.0. The summed E-state index contributed by atoms with van der Waals surface area (Å²) in [6, 6.07) is 0. The van der Waals surface area contributed by atoms with E-state index in [4.69, 9.17) is 18.0 Å². The Morgan fingerprint density at radius 2 is 1.63 bits per heavy atom. The predicted octanol–water partition coefficient (Wildman–Crippen LogP) is 2.34. The van der Waals surface area contributed by atoms with Gasteiger partial charge in [0.05, 0.1) is 4.99 Å². The largest absolute Gasteiger partial charge is 0.393 e. The average Bonchev–Trinajstić information content (AvgIpc) is 2.38. The highest BCUT2D eigenvalue weighted by atomic mass is 32.1. The fourth-order valence-corrected chi connectivity index (χ4v) is 3.17. The fraction of sp³-hybridized carbons (Fsp3) is 0.846. The number of likely N-dealkylation sites (tertiary alicyclic amines) is 1. The van der Waals surface area contributed by atoms with Gasteiger partial charge in [-0.25, -0.2) is 8.78 Å². The first-order chi connectivity index (χ1) is 8.89. The van der Waals surface area contributed by atoms with Gasteiger partial charge in [-0.2, -0.15) is 0 Å². The Hall–Kier alpha value is -0.780. The second-order valence-electron chi connectivity index (χ2n) is 5.63. The zero-order valence-electron chi connectivity index (χ0n) is 10.9. The summed E-state index contributed by atoms with van der Waals surface area (Å²) in [6.07, 6.45) is 1.88. The van der Waals surface area contributed by atoms with Crippen molar-refractivity contribution < 1.29 is 13.6 Å². The molecule has 6 heteroatoms. The molecule has 0 spiro atoms. The zero-order valence-corrected chi connectivity index (χ0v) is 11.7. The Kier molecular flexibility index (Phi) is 4.38. The monoisotopic (exact) mass is 290 g/mol. The smallest absolute Gasteiger partial charge is 0.248 e. The lowest BCUT2D eigenvalue weighted by atomic mass is 9.85. The van der Waals surface area contributed by atoms with Crippen LogP contribution in [0.25, 0.3) is 0 Å². The summed E-state index contributed by atoms with van der Waals surface area (Å²) in [7, 11) is 0. The third-order valence-electron chi connectivity index (χ3n) is 4.28. The lowest BCUT2D eigenvalue weighted by Crippen LogP contribution is -2.45. The summed E-state index contributed by atoms with van der Waals surface area (Å²) in [5.74, 6) is -2.54. The molecule has 1 saturated carbocycles. The van der Waals surface area contributed by atoms with Crippen LogP contribution >= 0.6 is 12.2 Å². The van der Waals surface area contributed by atoms with E-state index in [1.807, 2.05) is 0 Å². The Morgan fingerprint density at radius 1 is 1.11 bits per heavy atom. The maximum Gasteiger partial charge on any atom is 0.248 e. The maximum absolute atomic E-state index is 13.1. The number of carbonyl (C=O) groups excluding carboxylic acids is 1. The summed E-state index contributed by atoms with van der Waals surface area (Å²) in [4.78, 5) is 14.6. The summed E-state index contributed by atoms with van der Waals surface area (Å²) in [5.41, 5.74) is 5.61. The van der Waals surface area contributed by atoms with Crippen molar-refractivity contribution in [3.05, 3.63) is 0 Å². The number of halogens is 2. The van der Waals surface area contributed by atoms with Crippen molar-refractivity contribution in [2.75, 3.05) is 13.1 Å². The van der Waals surface area contributed by atoms with Gasteiger partial charge in [0, 0.05) is 37.8 Å². The molecule has 1 saturated heterocycles. The van der Waals surface area contributed by atoms with E-state index in [9.17, 15) is 13.6 Å². The van der Waals surface area contributed by atoms with E-state index >= 15 is 0 Å². The predicted molar refractivity (Wildman–Crippen MR) is 73.0 cm³/mol. The molecule has 2 fully saturated rings. The van der Waals surface area contributed by atoms with Crippen LogP contribution < -0.4 is 5.73 Å². The summed E-state index contributed by atoms with van der Waals surface area (Å²) < 4.78 is 26.1. The molecule has 0 aromatic carbocycles. The quantitative estimate of drug-likeness (QED) is 0.794. The van der Waals surface area contributed by atoms with Gasteiger partial charge in [-0.1, -0.05) is 12.2 Å². The molecule has 2 rings (SSSR count). The second kappa shape index (κ2) is 5.69. The van der Waals surface area contributed by atoms with Gasteiger partial charge >= 0.3 is 0 Å². The van der Waals surface area contributed by atoms with E-state index in [1.165, 1.54) is 0 Å². The van der Waals surface area contributed by atoms with Crippen molar-refractivity contribution in [2.24, 2.45) is 17.6 Å². The van der Waals surface area contributed by atoms with Crippen molar-refractivity contribution in [3.8, 4) is 0 Å². The molecule has 1 amide bonds. The molecular formula is C13H20F2N2OS. The molecule has 1 heterocycles. The molecule has 0 radical (unpaired) electrons. The van der Waals surface area contributed by atoms with Gasteiger partial charge in [-0.05, 0) is 25.7 Å². The molecule has 1 aliphatic heterocycles. The van der Waals surface area contributed by atoms with Crippen LogP contribution in [-0.2, 0) is 4.79 Å². The minimum Gasteiger partial charge on any atom is -0.393 e. The standard InChI is InChI=1S/C13H20F2N2OS/c14-13(15)5-1-10(2-6-13)12(18)17-7-3-9(4-8-17)11(16)19/h9-10H,1-8H2,(H2,16,19). The van der Waals surface area contributed by atoms with Crippen molar-refractivity contribution in [2.45, 2.75) is 44.4 Å². The number of carbonyl (C=O) groups is 1. The van der Waals surface area contributed by atoms with Gasteiger partial charge in [0.1, 0.15) is 0 Å². The van der Waals surface area contributed by atoms with E-state index in [0.717, 1.165) is 12.8 Å². The van der Waals surface area contributed by atoms with Crippen LogP contribution in [0.5, 0.6) is 0 Å². The van der Waals surface area contributed by atoms with Crippen LogP contribution in [0.15, 0.2) is 0 Å². The van der Waals surface area contributed by atoms with E-state index in [-0.39, 0.29) is 30.6 Å². The first-order valence-corrected chi connectivity index (χ1v) is 7.26. The number of nitrogens with two attached hydrogens (primary N) is 1. The van der Waals surface area contributed by atoms with Crippen LogP contribution in [0.1, 0.15) is 38.5 Å². The third kappa shape index (κ3) is 3.61. The molecule has 0 bridgehead atoms. The number of rotatable bonds is 2. The van der Waals surface area contributed by atoms with E-state index in [2.05, 4.69) is 0 Å². The third-order valence-corrected chi connectivity index (χ3v) is 4.61. The highest BCUT2D eigenvalue weighted by Crippen LogP contribution is 2.37. The molecule has 19 heavy (non-hydrogen) atoms. The van der Waals surface area contributed by atoms with Gasteiger partial charge in [0.2, 0.25) is 11.8 Å². The minimum absolute atomic E-state index is 0.0388. The first-order valence-electron chi connectivity index (χ1n) is 6.85. The van der Waals surface area contributed by atoms with Crippen molar-refractivity contribution in [1.29, 1.82) is 0 Å².